The zero-order chi connectivity index (χ0) is 16.6. The van der Waals surface area contributed by atoms with Gasteiger partial charge in [0.15, 0.2) is 0 Å². The molecule has 0 spiro atoms. The van der Waals surface area contributed by atoms with Gasteiger partial charge in [-0.05, 0) is 86.4 Å². The maximum absolute atomic E-state index is 10.6. The Morgan fingerprint density at radius 1 is 1.00 bits per heavy atom. The van der Waals surface area contributed by atoms with Crippen LogP contribution in [-0.4, -0.2) is 22.4 Å². The average molecular weight is 319 g/mol. The fourth-order valence-electron chi connectivity index (χ4n) is 7.48. The summed E-state index contributed by atoms with van der Waals surface area (Å²) in [6.45, 7) is 9.56. The lowest BCUT2D eigenvalue weighted by molar-refractivity contribution is -0.0877. The molecule has 4 aliphatic rings. The molecule has 0 amide bonds. The molecule has 3 fully saturated rings. The van der Waals surface area contributed by atoms with Crippen molar-refractivity contribution in [2.75, 3.05) is 0 Å². The molecule has 4 aliphatic carbocycles. The number of aliphatic hydroxyl groups is 2. The topological polar surface area (TPSA) is 40.5 Å². The van der Waals surface area contributed by atoms with Crippen LogP contribution in [0.1, 0.15) is 72.6 Å². The molecule has 0 saturated heterocycles. The van der Waals surface area contributed by atoms with E-state index in [4.69, 9.17) is 0 Å². The molecule has 0 heterocycles. The maximum Gasteiger partial charge on any atom is 0.0596 e. The minimum atomic E-state index is -0.137. The van der Waals surface area contributed by atoms with E-state index in [2.05, 4.69) is 27.7 Å². The first-order valence-corrected chi connectivity index (χ1v) is 9.83. The van der Waals surface area contributed by atoms with Gasteiger partial charge in [-0.15, -0.1) is 0 Å². The van der Waals surface area contributed by atoms with Crippen molar-refractivity contribution in [3.8, 4) is 0 Å². The van der Waals surface area contributed by atoms with Crippen molar-refractivity contribution < 1.29 is 10.2 Å². The van der Waals surface area contributed by atoms with Crippen molar-refractivity contribution in [2.24, 2.45) is 34.5 Å². The molecule has 2 N–H and O–H groups in total. The number of fused-ring (bicyclic) bond motifs is 5. The molecular formula is C21H34O2. The highest BCUT2D eigenvalue weighted by Gasteiger charge is 2.60. The summed E-state index contributed by atoms with van der Waals surface area (Å²) < 4.78 is 0. The van der Waals surface area contributed by atoms with Crippen molar-refractivity contribution in [1.29, 1.82) is 0 Å². The Bertz CT molecular complexity index is 538. The summed E-state index contributed by atoms with van der Waals surface area (Å²) in [5.41, 5.74) is 3.59. The van der Waals surface area contributed by atoms with Crippen LogP contribution in [-0.2, 0) is 0 Å². The summed E-state index contributed by atoms with van der Waals surface area (Å²) in [6, 6.07) is 0. The Balaban J connectivity index is 1.76. The van der Waals surface area contributed by atoms with E-state index in [0.29, 0.717) is 11.8 Å². The second-order valence-electron chi connectivity index (χ2n) is 9.75. The zero-order valence-corrected chi connectivity index (χ0v) is 15.3. The predicted octanol–water partition coefficient (Wildman–Crippen LogP) is 4.31. The van der Waals surface area contributed by atoms with Crippen molar-refractivity contribution in [1.82, 2.24) is 0 Å². The van der Waals surface area contributed by atoms with Crippen molar-refractivity contribution in [2.45, 2.75) is 84.8 Å². The van der Waals surface area contributed by atoms with Crippen molar-refractivity contribution in [3.63, 3.8) is 0 Å². The van der Waals surface area contributed by atoms with Crippen molar-refractivity contribution in [3.05, 3.63) is 11.1 Å². The zero-order valence-electron chi connectivity index (χ0n) is 15.3. The van der Waals surface area contributed by atoms with Crippen LogP contribution in [0.3, 0.4) is 0 Å². The van der Waals surface area contributed by atoms with E-state index < -0.39 is 0 Å². The lowest BCUT2D eigenvalue weighted by atomic mass is 9.45. The summed E-state index contributed by atoms with van der Waals surface area (Å²) in [6.07, 6.45) is 7.53. The van der Waals surface area contributed by atoms with E-state index in [9.17, 15) is 10.2 Å². The molecule has 0 aromatic heterocycles. The van der Waals surface area contributed by atoms with Crippen LogP contribution in [0.25, 0.3) is 0 Å². The fourth-order valence-corrected chi connectivity index (χ4v) is 7.48. The highest BCUT2D eigenvalue weighted by Crippen LogP contribution is 2.66. The first-order valence-electron chi connectivity index (χ1n) is 9.83. The first-order chi connectivity index (χ1) is 10.8. The van der Waals surface area contributed by atoms with Gasteiger partial charge < -0.3 is 10.2 Å². The standard InChI is InChI=1S/C21H34O2/c1-12-9-15-16-5-6-19(23)20(16,3)8-7-17(15)21(4)13(2)10-14(22)11-18(12)21/h13-17,19,22-23H,5-11H2,1-4H3/t13-,14+,15+,16+,17+,19+,20+,21-/m1/s1. The van der Waals surface area contributed by atoms with Crippen LogP contribution in [0.2, 0.25) is 0 Å². The van der Waals surface area contributed by atoms with Crippen LogP contribution >= 0.6 is 0 Å². The second kappa shape index (κ2) is 5.08. The van der Waals surface area contributed by atoms with Gasteiger partial charge in [0.25, 0.3) is 0 Å². The lowest BCUT2D eigenvalue weighted by Gasteiger charge is -2.60. The van der Waals surface area contributed by atoms with Gasteiger partial charge in [0, 0.05) is 0 Å². The molecule has 130 valence electrons. The van der Waals surface area contributed by atoms with E-state index in [0.717, 1.165) is 31.1 Å². The molecule has 0 aromatic rings. The van der Waals surface area contributed by atoms with Crippen LogP contribution in [0, 0.1) is 34.5 Å². The highest BCUT2D eigenvalue weighted by molar-refractivity contribution is 5.31. The average Bonchev–Trinajstić information content (AvgIpc) is 2.78. The number of hydrogen-bond donors (Lipinski definition) is 2. The Morgan fingerprint density at radius 2 is 1.74 bits per heavy atom. The Morgan fingerprint density at radius 3 is 2.48 bits per heavy atom. The van der Waals surface area contributed by atoms with Crippen LogP contribution in [0.15, 0.2) is 11.1 Å². The van der Waals surface area contributed by atoms with Gasteiger partial charge in [-0.3, -0.25) is 0 Å². The quantitative estimate of drug-likeness (QED) is 0.654. The third-order valence-corrected chi connectivity index (χ3v) is 8.95. The molecule has 0 aromatic carbocycles. The summed E-state index contributed by atoms with van der Waals surface area (Å²) in [5.74, 6) is 2.77. The minimum absolute atomic E-state index is 0.0856. The first kappa shape index (κ1) is 16.1. The maximum atomic E-state index is 10.6. The van der Waals surface area contributed by atoms with E-state index in [1.54, 1.807) is 11.1 Å². The molecule has 4 rings (SSSR count). The Hall–Kier alpha value is -0.340. The monoisotopic (exact) mass is 318 g/mol. The van der Waals surface area contributed by atoms with E-state index in [1.165, 1.54) is 25.7 Å². The molecule has 0 radical (unpaired) electrons. The number of rotatable bonds is 0. The predicted molar refractivity (Wildman–Crippen MR) is 92.9 cm³/mol. The summed E-state index contributed by atoms with van der Waals surface area (Å²) in [7, 11) is 0. The van der Waals surface area contributed by atoms with Gasteiger partial charge in [0.05, 0.1) is 12.2 Å². The van der Waals surface area contributed by atoms with Gasteiger partial charge in [-0.1, -0.05) is 31.9 Å². The van der Waals surface area contributed by atoms with Gasteiger partial charge in [-0.25, -0.2) is 0 Å². The SMILES string of the molecule is CC1=C2C[C@@H](O)C[C@@H](C)[C@]2(C)[C@H]2CC[C@]3(C)[C@@H](O)CC[C@H]3[C@@H]2C1. The molecule has 3 saturated carbocycles. The molecule has 2 heteroatoms. The molecule has 0 bridgehead atoms. The van der Waals surface area contributed by atoms with Gasteiger partial charge >= 0.3 is 0 Å². The highest BCUT2D eigenvalue weighted by atomic mass is 16.3. The third kappa shape index (κ3) is 2.00. The fraction of sp³-hybridized carbons (Fsp3) is 0.905. The van der Waals surface area contributed by atoms with Crippen LogP contribution in [0.4, 0.5) is 0 Å². The number of hydrogen-bond acceptors (Lipinski definition) is 2. The van der Waals surface area contributed by atoms with Crippen LogP contribution < -0.4 is 0 Å². The molecular weight excluding hydrogens is 284 g/mol. The normalized spacial score (nSPS) is 56.1. The Labute approximate surface area is 141 Å². The summed E-state index contributed by atoms with van der Waals surface area (Å²) in [4.78, 5) is 0. The second-order valence-corrected chi connectivity index (χ2v) is 9.75. The minimum Gasteiger partial charge on any atom is -0.393 e. The lowest BCUT2D eigenvalue weighted by Crippen LogP contribution is -2.54. The largest absolute Gasteiger partial charge is 0.393 e. The number of aliphatic hydroxyl groups excluding tert-OH is 2. The van der Waals surface area contributed by atoms with Gasteiger partial charge in [0.2, 0.25) is 0 Å². The van der Waals surface area contributed by atoms with E-state index >= 15 is 0 Å². The summed E-state index contributed by atoms with van der Waals surface area (Å²) >= 11 is 0. The van der Waals surface area contributed by atoms with Gasteiger partial charge in [-0.2, -0.15) is 0 Å². The van der Waals surface area contributed by atoms with Crippen LogP contribution in [0.5, 0.6) is 0 Å². The molecule has 0 aliphatic heterocycles. The van der Waals surface area contributed by atoms with Gasteiger partial charge in [0.1, 0.15) is 0 Å². The summed E-state index contributed by atoms with van der Waals surface area (Å²) in [5, 5.41) is 20.9. The van der Waals surface area contributed by atoms with Crippen molar-refractivity contribution >= 4 is 0 Å². The molecule has 23 heavy (non-hydrogen) atoms. The Kier molecular flexibility index (Phi) is 3.57. The van der Waals surface area contributed by atoms with E-state index in [-0.39, 0.29) is 23.0 Å². The van der Waals surface area contributed by atoms with E-state index in [1.807, 2.05) is 0 Å². The molecule has 0 unspecified atom stereocenters. The molecule has 2 nitrogen and oxygen atoms in total. The number of allylic oxidation sites excluding steroid dienone is 1. The third-order valence-electron chi connectivity index (χ3n) is 8.95. The molecule has 8 atom stereocenters. The smallest absolute Gasteiger partial charge is 0.0596 e.